The molecule has 0 aliphatic carbocycles. The van der Waals surface area contributed by atoms with Crippen LogP contribution in [0.3, 0.4) is 0 Å². The van der Waals surface area contributed by atoms with Crippen LogP contribution in [0.2, 0.25) is 0 Å². The van der Waals surface area contributed by atoms with E-state index in [2.05, 4.69) is 28.4 Å². The molecule has 0 saturated heterocycles. The van der Waals surface area contributed by atoms with Crippen LogP contribution in [0.1, 0.15) is 42.6 Å². The molecule has 0 bridgehead atoms. The Bertz CT molecular complexity index is 720. The van der Waals surface area contributed by atoms with E-state index in [1.807, 2.05) is 27.1 Å². The fourth-order valence-corrected chi connectivity index (χ4v) is 2.61. The zero-order valence-electron chi connectivity index (χ0n) is 15.1. The van der Waals surface area contributed by atoms with Crippen molar-refractivity contribution in [2.24, 2.45) is 4.99 Å². The van der Waals surface area contributed by atoms with E-state index in [1.54, 1.807) is 24.3 Å². The van der Waals surface area contributed by atoms with E-state index in [9.17, 15) is 4.79 Å². The van der Waals surface area contributed by atoms with Gasteiger partial charge in [-0.2, -0.15) is 0 Å². The van der Waals surface area contributed by atoms with Gasteiger partial charge in [0, 0.05) is 25.4 Å². The molecular formula is C19H25N3O3. The van der Waals surface area contributed by atoms with Crippen molar-refractivity contribution < 1.29 is 14.7 Å². The first-order valence-corrected chi connectivity index (χ1v) is 8.30. The minimum atomic E-state index is -0.965. The highest BCUT2D eigenvalue weighted by molar-refractivity contribution is 6.01. The van der Waals surface area contributed by atoms with Gasteiger partial charge in [-0.15, -0.1) is 0 Å². The van der Waals surface area contributed by atoms with Crippen molar-refractivity contribution in [2.75, 3.05) is 14.1 Å². The molecule has 134 valence electrons. The summed E-state index contributed by atoms with van der Waals surface area (Å²) in [7, 11) is 4.06. The molecular weight excluding hydrogens is 318 g/mol. The van der Waals surface area contributed by atoms with Crippen molar-refractivity contribution in [1.82, 2.24) is 10.4 Å². The molecule has 1 aliphatic rings. The lowest BCUT2D eigenvalue weighted by molar-refractivity contribution is 0.0594. The zero-order valence-corrected chi connectivity index (χ0v) is 15.1. The van der Waals surface area contributed by atoms with Gasteiger partial charge in [0.2, 0.25) is 0 Å². The molecule has 0 fully saturated rings. The Kier molecular flexibility index (Phi) is 6.36. The normalized spacial score (nSPS) is 17.9. The second-order valence-corrected chi connectivity index (χ2v) is 5.95. The van der Waals surface area contributed by atoms with Crippen LogP contribution in [0.4, 0.5) is 0 Å². The Morgan fingerprint density at radius 1 is 1.44 bits per heavy atom. The van der Waals surface area contributed by atoms with Crippen LogP contribution in [0.15, 0.2) is 52.7 Å². The standard InChI is InChI=1S/C19H25N3O3/c1-5-13(10-11-16(6-2)22(3)4)18-20-17(21-25-18)14-8-7-9-15(12-14)19(23)24/h5,7-9,11-12,18H,6,10H2,1-4H3,(H,20,21)(H,23,24)/b13-5+,16-11+. The average Bonchev–Trinajstić information content (AvgIpc) is 3.08. The van der Waals surface area contributed by atoms with Gasteiger partial charge in [-0.3, -0.25) is 0 Å². The Hall–Kier alpha value is -2.60. The van der Waals surface area contributed by atoms with E-state index in [-0.39, 0.29) is 5.56 Å². The highest BCUT2D eigenvalue weighted by atomic mass is 16.7. The Balaban J connectivity index is 2.16. The van der Waals surface area contributed by atoms with E-state index in [0.717, 1.165) is 18.4 Å². The third-order valence-electron chi connectivity index (χ3n) is 4.09. The first-order valence-electron chi connectivity index (χ1n) is 8.30. The van der Waals surface area contributed by atoms with Gasteiger partial charge in [0.25, 0.3) is 0 Å². The predicted molar refractivity (Wildman–Crippen MR) is 98.4 cm³/mol. The van der Waals surface area contributed by atoms with Crippen molar-refractivity contribution in [3.05, 3.63) is 58.8 Å². The molecule has 0 radical (unpaired) electrons. The summed E-state index contributed by atoms with van der Waals surface area (Å²) in [5, 5.41) is 9.11. The van der Waals surface area contributed by atoms with Crippen molar-refractivity contribution in [1.29, 1.82) is 0 Å². The molecule has 1 unspecified atom stereocenters. The molecule has 1 aromatic rings. The maximum absolute atomic E-state index is 11.1. The largest absolute Gasteiger partial charge is 0.478 e. The maximum Gasteiger partial charge on any atom is 0.335 e. The summed E-state index contributed by atoms with van der Waals surface area (Å²) in [5.74, 6) is -0.423. The third-order valence-corrected chi connectivity index (χ3v) is 4.09. The molecule has 2 N–H and O–H groups in total. The van der Waals surface area contributed by atoms with Crippen LogP contribution < -0.4 is 5.48 Å². The molecule has 1 heterocycles. The fourth-order valence-electron chi connectivity index (χ4n) is 2.61. The summed E-state index contributed by atoms with van der Waals surface area (Å²) in [6.45, 7) is 4.09. The predicted octanol–water partition coefficient (Wildman–Crippen LogP) is 3.18. The molecule has 1 aromatic carbocycles. The summed E-state index contributed by atoms with van der Waals surface area (Å²) < 4.78 is 0. The van der Waals surface area contributed by atoms with Crippen LogP contribution in [-0.4, -0.2) is 42.1 Å². The Labute approximate surface area is 148 Å². The molecule has 0 aromatic heterocycles. The Morgan fingerprint density at radius 2 is 2.20 bits per heavy atom. The number of amidine groups is 1. The van der Waals surface area contributed by atoms with Crippen molar-refractivity contribution >= 4 is 11.8 Å². The van der Waals surface area contributed by atoms with E-state index in [1.165, 1.54) is 5.70 Å². The molecule has 2 rings (SSSR count). The average molecular weight is 343 g/mol. The van der Waals surface area contributed by atoms with Crippen LogP contribution in [0, 0.1) is 0 Å². The lowest BCUT2D eigenvalue weighted by atomic mass is 10.1. The van der Waals surface area contributed by atoms with Crippen LogP contribution in [0.25, 0.3) is 0 Å². The molecule has 0 spiro atoms. The van der Waals surface area contributed by atoms with Crippen molar-refractivity contribution in [3.8, 4) is 0 Å². The zero-order chi connectivity index (χ0) is 18.4. The number of hydroxylamine groups is 1. The second-order valence-electron chi connectivity index (χ2n) is 5.95. The molecule has 0 amide bonds. The van der Waals surface area contributed by atoms with Gasteiger partial charge >= 0.3 is 5.97 Å². The molecule has 25 heavy (non-hydrogen) atoms. The molecule has 6 nitrogen and oxygen atoms in total. The lowest BCUT2D eigenvalue weighted by Gasteiger charge is -2.16. The smallest absolute Gasteiger partial charge is 0.335 e. The molecule has 0 saturated carbocycles. The topological polar surface area (TPSA) is 74.2 Å². The number of allylic oxidation sites excluding steroid dienone is 3. The van der Waals surface area contributed by atoms with Crippen LogP contribution >= 0.6 is 0 Å². The number of benzene rings is 1. The van der Waals surface area contributed by atoms with Crippen LogP contribution in [-0.2, 0) is 4.84 Å². The van der Waals surface area contributed by atoms with Gasteiger partial charge in [0.15, 0.2) is 12.1 Å². The second kappa shape index (κ2) is 8.48. The minimum absolute atomic E-state index is 0.221. The number of carboxylic acids is 1. The maximum atomic E-state index is 11.1. The van der Waals surface area contributed by atoms with Gasteiger partial charge in [0.05, 0.1) is 5.56 Å². The quantitative estimate of drug-likeness (QED) is 0.744. The van der Waals surface area contributed by atoms with Gasteiger partial charge < -0.3 is 10.0 Å². The number of aromatic carboxylic acids is 1. The number of nitrogens with one attached hydrogen (secondary N) is 1. The van der Waals surface area contributed by atoms with Crippen molar-refractivity contribution in [2.45, 2.75) is 32.9 Å². The van der Waals surface area contributed by atoms with E-state index >= 15 is 0 Å². The number of nitrogens with zero attached hydrogens (tertiary/aromatic N) is 2. The van der Waals surface area contributed by atoms with E-state index < -0.39 is 12.2 Å². The number of aliphatic imine (C=N–C) groups is 1. The van der Waals surface area contributed by atoms with Gasteiger partial charge in [-0.1, -0.05) is 31.2 Å². The molecule has 1 aliphatic heterocycles. The number of carbonyl (C=O) groups is 1. The molecule has 1 atom stereocenters. The fraction of sp³-hybridized carbons (Fsp3) is 0.368. The summed E-state index contributed by atoms with van der Waals surface area (Å²) in [6.07, 6.45) is 5.48. The first kappa shape index (κ1) is 18.7. The molecule has 6 heteroatoms. The summed E-state index contributed by atoms with van der Waals surface area (Å²) in [6, 6.07) is 6.63. The number of hydrogen-bond acceptors (Lipinski definition) is 5. The number of rotatable bonds is 7. The first-order chi connectivity index (χ1) is 12.0. The highest BCUT2D eigenvalue weighted by Crippen LogP contribution is 2.20. The minimum Gasteiger partial charge on any atom is -0.478 e. The SMILES string of the molecule is C/C=C(\C/C=C(\CC)N(C)C)C1N=C(c2cccc(C(=O)O)c2)NO1. The Morgan fingerprint density at radius 3 is 2.80 bits per heavy atom. The van der Waals surface area contributed by atoms with Crippen LogP contribution in [0.5, 0.6) is 0 Å². The highest BCUT2D eigenvalue weighted by Gasteiger charge is 2.22. The van der Waals surface area contributed by atoms with Crippen molar-refractivity contribution in [3.63, 3.8) is 0 Å². The third kappa shape index (κ3) is 4.70. The summed E-state index contributed by atoms with van der Waals surface area (Å²) in [5.41, 5.74) is 6.02. The van der Waals surface area contributed by atoms with Gasteiger partial charge in [0.1, 0.15) is 0 Å². The van der Waals surface area contributed by atoms with Gasteiger partial charge in [-0.25, -0.2) is 20.1 Å². The van der Waals surface area contributed by atoms with E-state index in [0.29, 0.717) is 11.4 Å². The van der Waals surface area contributed by atoms with Gasteiger partial charge in [-0.05, 0) is 37.5 Å². The number of carboxylic acid groups (broad SMARTS) is 1. The number of hydrogen-bond donors (Lipinski definition) is 2. The monoisotopic (exact) mass is 343 g/mol. The summed E-state index contributed by atoms with van der Waals surface area (Å²) >= 11 is 0. The van der Waals surface area contributed by atoms with E-state index in [4.69, 9.17) is 9.94 Å². The lowest BCUT2D eigenvalue weighted by Crippen LogP contribution is -2.20. The summed E-state index contributed by atoms with van der Waals surface area (Å²) in [4.78, 5) is 23.4.